The van der Waals surface area contributed by atoms with Crippen molar-refractivity contribution in [1.29, 1.82) is 0 Å². The summed E-state index contributed by atoms with van der Waals surface area (Å²) in [5, 5.41) is 2.73. The number of ether oxygens (including phenoxy) is 3. The van der Waals surface area contributed by atoms with Crippen molar-refractivity contribution < 1.29 is 23.8 Å². The monoisotopic (exact) mass is 412 g/mol. The molecule has 1 N–H and O–H groups in total. The van der Waals surface area contributed by atoms with Gasteiger partial charge in [0.2, 0.25) is 5.91 Å². The molecule has 3 rings (SSSR count). The van der Waals surface area contributed by atoms with Crippen molar-refractivity contribution in [2.75, 3.05) is 33.9 Å². The van der Waals surface area contributed by atoms with Gasteiger partial charge in [0, 0.05) is 12.1 Å². The molecular weight excluding hydrogens is 384 g/mol. The number of amides is 2. The Hall–Kier alpha value is -3.22. The summed E-state index contributed by atoms with van der Waals surface area (Å²) in [5.41, 5.74) is 1.33. The minimum Gasteiger partial charge on any atom is -0.497 e. The number of methoxy groups -OCH3 is 2. The lowest BCUT2D eigenvalue weighted by atomic mass is 10.0. The SMILES string of the molecule is CCOc1ccccc1C(=O)NCC(=O)N1CCCC1c1cc(OC)ccc1OC. The van der Waals surface area contributed by atoms with Crippen LogP contribution in [0.2, 0.25) is 0 Å². The van der Waals surface area contributed by atoms with Gasteiger partial charge in [0.05, 0.1) is 39.0 Å². The minimum absolute atomic E-state index is 0.0813. The zero-order valence-electron chi connectivity index (χ0n) is 17.6. The molecule has 0 aliphatic carbocycles. The van der Waals surface area contributed by atoms with Gasteiger partial charge < -0.3 is 24.4 Å². The number of rotatable bonds is 8. The van der Waals surface area contributed by atoms with Crippen LogP contribution in [0.25, 0.3) is 0 Å². The molecule has 2 aromatic carbocycles. The Kier molecular flexibility index (Phi) is 7.17. The fraction of sp³-hybridized carbons (Fsp3) is 0.391. The van der Waals surface area contributed by atoms with Crippen LogP contribution >= 0.6 is 0 Å². The highest BCUT2D eigenvalue weighted by Gasteiger charge is 2.32. The number of hydrogen-bond acceptors (Lipinski definition) is 5. The van der Waals surface area contributed by atoms with Gasteiger partial charge >= 0.3 is 0 Å². The number of hydrogen-bond donors (Lipinski definition) is 1. The van der Waals surface area contributed by atoms with Crippen molar-refractivity contribution in [3.05, 3.63) is 53.6 Å². The number of likely N-dealkylation sites (tertiary alicyclic amines) is 1. The summed E-state index contributed by atoms with van der Waals surface area (Å²) in [6.07, 6.45) is 1.72. The third-order valence-electron chi connectivity index (χ3n) is 5.20. The Morgan fingerprint density at radius 3 is 2.63 bits per heavy atom. The molecule has 1 aliphatic heterocycles. The smallest absolute Gasteiger partial charge is 0.255 e. The molecular formula is C23H28N2O5. The lowest BCUT2D eigenvalue weighted by Crippen LogP contribution is -2.40. The number of benzene rings is 2. The van der Waals surface area contributed by atoms with Crippen LogP contribution in [0.4, 0.5) is 0 Å². The Morgan fingerprint density at radius 1 is 1.10 bits per heavy atom. The second-order valence-electron chi connectivity index (χ2n) is 6.96. The Balaban J connectivity index is 1.71. The first-order valence-corrected chi connectivity index (χ1v) is 10.1. The molecule has 0 aromatic heterocycles. The summed E-state index contributed by atoms with van der Waals surface area (Å²) in [7, 11) is 3.22. The molecule has 1 unspecified atom stereocenters. The van der Waals surface area contributed by atoms with E-state index in [0.717, 1.165) is 24.2 Å². The summed E-state index contributed by atoms with van der Waals surface area (Å²) >= 11 is 0. The van der Waals surface area contributed by atoms with E-state index in [2.05, 4.69) is 5.32 Å². The molecule has 0 spiro atoms. The number of nitrogens with zero attached hydrogens (tertiary/aromatic N) is 1. The van der Waals surface area contributed by atoms with Crippen molar-refractivity contribution in [3.63, 3.8) is 0 Å². The molecule has 2 aromatic rings. The number of nitrogens with one attached hydrogen (secondary N) is 1. The molecule has 0 radical (unpaired) electrons. The molecule has 1 saturated heterocycles. The van der Waals surface area contributed by atoms with Crippen molar-refractivity contribution in [3.8, 4) is 17.2 Å². The van der Waals surface area contributed by atoms with Gasteiger partial charge in [-0.15, -0.1) is 0 Å². The van der Waals surface area contributed by atoms with E-state index in [1.165, 1.54) is 0 Å². The molecule has 30 heavy (non-hydrogen) atoms. The standard InChI is InChI=1S/C23H28N2O5/c1-4-30-21-10-6-5-8-17(21)23(27)24-15-22(26)25-13-7-9-19(25)18-14-16(28-2)11-12-20(18)29-3/h5-6,8,10-12,14,19H,4,7,9,13,15H2,1-3H3,(H,24,27). The van der Waals surface area contributed by atoms with Gasteiger partial charge in [0.1, 0.15) is 17.2 Å². The fourth-order valence-corrected chi connectivity index (χ4v) is 3.78. The van der Waals surface area contributed by atoms with E-state index in [4.69, 9.17) is 14.2 Å². The van der Waals surface area contributed by atoms with Crippen molar-refractivity contribution >= 4 is 11.8 Å². The first-order valence-electron chi connectivity index (χ1n) is 10.1. The molecule has 160 valence electrons. The van der Waals surface area contributed by atoms with Crippen molar-refractivity contribution in [1.82, 2.24) is 10.2 Å². The van der Waals surface area contributed by atoms with Gasteiger partial charge in [-0.3, -0.25) is 9.59 Å². The molecule has 1 aliphatic rings. The summed E-state index contributed by atoms with van der Waals surface area (Å²) in [5.74, 6) is 1.47. The molecule has 1 fully saturated rings. The van der Waals surface area contributed by atoms with Crippen molar-refractivity contribution in [2.45, 2.75) is 25.8 Å². The third-order valence-corrected chi connectivity index (χ3v) is 5.20. The van der Waals surface area contributed by atoms with Gasteiger partial charge in [-0.2, -0.15) is 0 Å². The van der Waals surface area contributed by atoms with E-state index in [0.29, 0.717) is 30.2 Å². The lowest BCUT2D eigenvalue weighted by Gasteiger charge is -2.27. The van der Waals surface area contributed by atoms with E-state index >= 15 is 0 Å². The summed E-state index contributed by atoms with van der Waals surface area (Å²) in [6, 6.07) is 12.5. The Morgan fingerprint density at radius 2 is 1.90 bits per heavy atom. The second-order valence-corrected chi connectivity index (χ2v) is 6.96. The van der Waals surface area contributed by atoms with E-state index in [-0.39, 0.29) is 24.4 Å². The largest absolute Gasteiger partial charge is 0.497 e. The van der Waals surface area contributed by atoms with Crippen LogP contribution in [0.1, 0.15) is 41.7 Å². The van der Waals surface area contributed by atoms with Gasteiger partial charge in [-0.05, 0) is 50.1 Å². The Bertz CT molecular complexity index is 899. The number of carbonyl (C=O) groups excluding carboxylic acids is 2. The molecule has 7 nitrogen and oxygen atoms in total. The maximum atomic E-state index is 12.9. The van der Waals surface area contributed by atoms with E-state index < -0.39 is 0 Å². The first kappa shape index (κ1) is 21.5. The zero-order valence-corrected chi connectivity index (χ0v) is 17.6. The van der Waals surface area contributed by atoms with Crippen LogP contribution < -0.4 is 19.5 Å². The maximum absolute atomic E-state index is 12.9. The maximum Gasteiger partial charge on any atom is 0.255 e. The highest BCUT2D eigenvalue weighted by atomic mass is 16.5. The van der Waals surface area contributed by atoms with Gasteiger partial charge in [0.15, 0.2) is 0 Å². The third kappa shape index (κ3) is 4.67. The van der Waals surface area contributed by atoms with Crippen LogP contribution in [-0.2, 0) is 4.79 Å². The normalized spacial score (nSPS) is 15.6. The highest BCUT2D eigenvalue weighted by Crippen LogP contribution is 2.38. The van der Waals surface area contributed by atoms with Crippen LogP contribution in [0, 0.1) is 0 Å². The highest BCUT2D eigenvalue weighted by molar-refractivity contribution is 5.98. The second kappa shape index (κ2) is 10.0. The van der Waals surface area contributed by atoms with Crippen molar-refractivity contribution in [2.24, 2.45) is 0 Å². The van der Waals surface area contributed by atoms with Crippen LogP contribution in [-0.4, -0.2) is 50.6 Å². The minimum atomic E-state index is -0.331. The van der Waals surface area contributed by atoms with E-state index in [1.807, 2.05) is 31.2 Å². The number of para-hydroxylation sites is 1. The van der Waals surface area contributed by atoms with Crippen LogP contribution in [0.5, 0.6) is 17.2 Å². The average molecular weight is 412 g/mol. The summed E-state index contributed by atoms with van der Waals surface area (Å²) in [4.78, 5) is 27.3. The fourth-order valence-electron chi connectivity index (χ4n) is 3.78. The molecule has 1 atom stereocenters. The number of carbonyl (C=O) groups is 2. The summed E-state index contributed by atoms with van der Waals surface area (Å²) < 4.78 is 16.3. The molecule has 1 heterocycles. The van der Waals surface area contributed by atoms with Gasteiger partial charge in [-0.1, -0.05) is 12.1 Å². The molecule has 7 heteroatoms. The van der Waals surface area contributed by atoms with Crippen LogP contribution in [0.3, 0.4) is 0 Å². The average Bonchev–Trinajstić information content (AvgIpc) is 3.27. The Labute approximate surface area is 176 Å². The van der Waals surface area contributed by atoms with Gasteiger partial charge in [-0.25, -0.2) is 0 Å². The quantitative estimate of drug-likeness (QED) is 0.721. The first-order chi connectivity index (χ1) is 14.6. The summed E-state index contributed by atoms with van der Waals surface area (Å²) in [6.45, 7) is 2.87. The zero-order chi connectivity index (χ0) is 21.5. The molecule has 2 amide bonds. The predicted molar refractivity (Wildman–Crippen MR) is 113 cm³/mol. The van der Waals surface area contributed by atoms with Gasteiger partial charge in [0.25, 0.3) is 5.91 Å². The van der Waals surface area contributed by atoms with E-state index in [9.17, 15) is 9.59 Å². The predicted octanol–water partition coefficient (Wildman–Crippen LogP) is 3.20. The lowest BCUT2D eigenvalue weighted by molar-refractivity contribution is -0.131. The molecule has 0 bridgehead atoms. The van der Waals surface area contributed by atoms with E-state index in [1.54, 1.807) is 37.3 Å². The molecule has 0 saturated carbocycles. The topological polar surface area (TPSA) is 77.1 Å². The van der Waals surface area contributed by atoms with Crippen LogP contribution in [0.15, 0.2) is 42.5 Å².